The van der Waals surface area contributed by atoms with E-state index in [1.807, 2.05) is 36.1 Å². The second-order valence-electron chi connectivity index (χ2n) is 14.3. The Morgan fingerprint density at radius 2 is 1.22 bits per heavy atom. The van der Waals surface area contributed by atoms with Gasteiger partial charge < -0.3 is 25.8 Å². The van der Waals surface area contributed by atoms with E-state index in [0.717, 1.165) is 98.4 Å². The van der Waals surface area contributed by atoms with Gasteiger partial charge in [0, 0.05) is 47.4 Å². The number of carbonyl (C=O) groups excluding carboxylic acids is 2. The van der Waals surface area contributed by atoms with Crippen molar-refractivity contribution in [3.05, 3.63) is 63.4 Å². The van der Waals surface area contributed by atoms with Gasteiger partial charge in [-0.3, -0.25) is 9.59 Å². The number of hydrogen-bond acceptors (Lipinski definition) is 6. The van der Waals surface area contributed by atoms with E-state index < -0.39 is 0 Å². The molecule has 4 rings (SSSR count). The van der Waals surface area contributed by atoms with Crippen LogP contribution in [0.2, 0.25) is 0 Å². The maximum atomic E-state index is 15.8. The molecular formula is C42H64FN5O2S. The number of allylic oxidation sites excluding steroid dienone is 1. The Bertz CT molecular complexity index is 1520. The number of thiophene rings is 1. The van der Waals surface area contributed by atoms with Crippen LogP contribution in [0.4, 0.5) is 4.39 Å². The number of halogens is 1. The summed E-state index contributed by atoms with van der Waals surface area (Å²) in [6.45, 7) is 18.7. The lowest BCUT2D eigenvalue weighted by molar-refractivity contribution is -0.124. The SMILES string of the molecule is CCCCNC(CC)CCc1ccc(-c2ccc(C3=C4C(=O)N(CC(CC)NCCCC)C(C)=C4C(=O)N3CC(CC)NCCCC)s2)c(F)c1. The summed E-state index contributed by atoms with van der Waals surface area (Å²) in [6.07, 6.45) is 11.3. The minimum absolute atomic E-state index is 0.0906. The van der Waals surface area contributed by atoms with Crippen molar-refractivity contribution in [2.45, 2.75) is 137 Å². The molecule has 3 atom stereocenters. The number of nitrogens with zero attached hydrogens (tertiary/aromatic N) is 2. The van der Waals surface area contributed by atoms with Gasteiger partial charge in [0.1, 0.15) is 5.82 Å². The fourth-order valence-electron chi connectivity index (χ4n) is 7.09. The molecule has 0 saturated carbocycles. The van der Waals surface area contributed by atoms with Gasteiger partial charge in [0.05, 0.1) is 21.7 Å². The average molecular weight is 722 g/mol. The highest BCUT2D eigenvalue weighted by Crippen LogP contribution is 2.46. The molecule has 0 aliphatic carbocycles. The second-order valence-corrected chi connectivity index (χ2v) is 15.4. The smallest absolute Gasteiger partial charge is 0.261 e. The molecule has 2 aliphatic heterocycles. The molecule has 0 bridgehead atoms. The Morgan fingerprint density at radius 3 is 1.76 bits per heavy atom. The summed E-state index contributed by atoms with van der Waals surface area (Å²) in [4.78, 5) is 33.9. The van der Waals surface area contributed by atoms with E-state index >= 15 is 4.39 Å². The van der Waals surface area contributed by atoms with Crippen molar-refractivity contribution in [3.8, 4) is 10.4 Å². The highest BCUT2D eigenvalue weighted by Gasteiger charge is 2.48. The number of carbonyl (C=O) groups is 2. The summed E-state index contributed by atoms with van der Waals surface area (Å²) in [5.74, 6) is -0.468. The molecule has 3 heterocycles. The highest BCUT2D eigenvalue weighted by molar-refractivity contribution is 7.16. The van der Waals surface area contributed by atoms with Gasteiger partial charge in [-0.1, -0.05) is 72.9 Å². The van der Waals surface area contributed by atoms with Gasteiger partial charge in [0.15, 0.2) is 0 Å². The third-order valence-electron chi connectivity index (χ3n) is 10.5. The molecule has 9 heteroatoms. The molecule has 3 N–H and O–H groups in total. The Morgan fingerprint density at radius 1 is 0.686 bits per heavy atom. The van der Waals surface area contributed by atoms with Crippen LogP contribution in [-0.4, -0.2) is 72.5 Å². The average Bonchev–Trinajstić information content (AvgIpc) is 3.79. The quantitative estimate of drug-likeness (QED) is 0.0947. The van der Waals surface area contributed by atoms with E-state index in [9.17, 15) is 9.59 Å². The topological polar surface area (TPSA) is 76.7 Å². The summed E-state index contributed by atoms with van der Waals surface area (Å²) in [6, 6.07) is 10.2. The highest BCUT2D eigenvalue weighted by atomic mass is 32.1. The van der Waals surface area contributed by atoms with E-state index in [1.54, 1.807) is 11.0 Å². The first-order valence-corrected chi connectivity index (χ1v) is 20.7. The van der Waals surface area contributed by atoms with Crippen LogP contribution in [0, 0.1) is 5.82 Å². The first kappa shape index (κ1) is 40.9. The maximum absolute atomic E-state index is 15.8. The molecule has 2 amide bonds. The van der Waals surface area contributed by atoms with Crippen LogP contribution in [-0.2, 0) is 16.0 Å². The molecule has 282 valence electrons. The number of nitrogens with one attached hydrogen (secondary N) is 3. The number of unbranched alkanes of at least 4 members (excludes halogenated alkanes) is 3. The maximum Gasteiger partial charge on any atom is 0.261 e. The summed E-state index contributed by atoms with van der Waals surface area (Å²) in [5.41, 5.74) is 3.95. The van der Waals surface area contributed by atoms with Crippen molar-refractivity contribution >= 4 is 28.8 Å². The Balaban J connectivity index is 1.64. The van der Waals surface area contributed by atoms with E-state index in [0.29, 0.717) is 41.5 Å². The van der Waals surface area contributed by atoms with E-state index in [-0.39, 0.29) is 29.7 Å². The lowest BCUT2D eigenvalue weighted by atomic mass is 10.0. The summed E-state index contributed by atoms with van der Waals surface area (Å²) in [7, 11) is 0. The second kappa shape index (κ2) is 20.4. The van der Waals surface area contributed by atoms with Crippen LogP contribution in [0.15, 0.2) is 47.2 Å². The molecule has 51 heavy (non-hydrogen) atoms. The molecule has 0 saturated heterocycles. The Hall–Kier alpha value is -2.85. The zero-order chi connectivity index (χ0) is 36.9. The molecule has 0 spiro atoms. The molecular weight excluding hydrogens is 658 g/mol. The first-order valence-electron chi connectivity index (χ1n) is 19.9. The van der Waals surface area contributed by atoms with Crippen molar-refractivity contribution < 1.29 is 14.0 Å². The van der Waals surface area contributed by atoms with Crippen molar-refractivity contribution in [3.63, 3.8) is 0 Å². The van der Waals surface area contributed by atoms with Gasteiger partial charge in [-0.25, -0.2) is 4.39 Å². The summed E-state index contributed by atoms with van der Waals surface area (Å²) < 4.78 is 15.8. The van der Waals surface area contributed by atoms with Crippen LogP contribution in [0.1, 0.15) is 123 Å². The van der Waals surface area contributed by atoms with Crippen LogP contribution >= 0.6 is 11.3 Å². The normalized spacial score (nSPS) is 16.5. The first-order chi connectivity index (χ1) is 24.7. The summed E-state index contributed by atoms with van der Waals surface area (Å²) in [5, 5.41) is 10.9. The fourth-order valence-corrected chi connectivity index (χ4v) is 8.19. The lowest BCUT2D eigenvalue weighted by Crippen LogP contribution is -2.43. The van der Waals surface area contributed by atoms with E-state index in [2.05, 4.69) is 57.5 Å². The van der Waals surface area contributed by atoms with Gasteiger partial charge in [0.25, 0.3) is 11.8 Å². The van der Waals surface area contributed by atoms with Crippen LogP contribution in [0.25, 0.3) is 16.1 Å². The number of hydrogen-bond donors (Lipinski definition) is 3. The molecule has 2 aliphatic rings. The lowest BCUT2D eigenvalue weighted by Gasteiger charge is -2.29. The predicted molar refractivity (Wildman–Crippen MR) is 212 cm³/mol. The molecule has 0 fully saturated rings. The van der Waals surface area contributed by atoms with Gasteiger partial charge >= 0.3 is 0 Å². The van der Waals surface area contributed by atoms with Gasteiger partial charge in [-0.2, -0.15) is 0 Å². The Kier molecular flexibility index (Phi) is 16.4. The zero-order valence-corrected chi connectivity index (χ0v) is 33.2. The standard InChI is InChI=1S/C42H64FN5O2S/c1-8-14-23-44-31(11-4)19-17-30-18-20-34(35(43)26-30)36-21-22-37(51-36)40-39-38(41(49)48(40)28-33(13-6)46-25-16-10-3)29(7)47(42(39)50)27-32(12-5)45-24-15-9-2/h18,20-22,26,31-33,44-46H,8-17,19,23-25,27-28H2,1-7H3. The molecule has 2 aromatic rings. The Labute approximate surface area is 311 Å². The number of fused-ring (bicyclic) bond motifs is 1. The fraction of sp³-hybridized carbons (Fsp3) is 0.619. The van der Waals surface area contributed by atoms with Crippen molar-refractivity contribution in [1.82, 2.24) is 25.8 Å². The van der Waals surface area contributed by atoms with Gasteiger partial charge in [0.2, 0.25) is 0 Å². The van der Waals surface area contributed by atoms with Crippen LogP contribution in [0.5, 0.6) is 0 Å². The van der Waals surface area contributed by atoms with Crippen LogP contribution < -0.4 is 16.0 Å². The predicted octanol–water partition coefficient (Wildman–Crippen LogP) is 8.66. The number of benzene rings is 1. The summed E-state index contributed by atoms with van der Waals surface area (Å²) >= 11 is 1.46. The van der Waals surface area contributed by atoms with E-state index in [1.165, 1.54) is 24.2 Å². The number of rotatable bonds is 24. The van der Waals surface area contributed by atoms with Crippen molar-refractivity contribution in [2.75, 3.05) is 32.7 Å². The monoisotopic (exact) mass is 721 g/mol. The molecule has 3 unspecified atom stereocenters. The van der Waals surface area contributed by atoms with Gasteiger partial charge in [-0.05, 0) is 102 Å². The third kappa shape index (κ3) is 10.2. The minimum Gasteiger partial charge on any atom is -0.314 e. The third-order valence-corrected chi connectivity index (χ3v) is 11.7. The zero-order valence-electron chi connectivity index (χ0n) is 32.4. The number of amides is 2. The molecule has 1 aromatic carbocycles. The van der Waals surface area contributed by atoms with Crippen LogP contribution in [0.3, 0.4) is 0 Å². The molecule has 1 aromatic heterocycles. The van der Waals surface area contributed by atoms with E-state index in [4.69, 9.17) is 0 Å². The molecule has 0 radical (unpaired) electrons. The minimum atomic E-state index is -0.239. The largest absolute Gasteiger partial charge is 0.314 e. The van der Waals surface area contributed by atoms with Crippen molar-refractivity contribution in [2.24, 2.45) is 0 Å². The van der Waals surface area contributed by atoms with Crippen molar-refractivity contribution in [1.29, 1.82) is 0 Å². The molecule has 7 nitrogen and oxygen atoms in total. The van der Waals surface area contributed by atoms with Gasteiger partial charge in [-0.15, -0.1) is 11.3 Å². The number of aryl methyl sites for hydroxylation is 1.